The van der Waals surface area contributed by atoms with Gasteiger partial charge in [0.1, 0.15) is 5.82 Å². The normalized spacial score (nSPS) is 17.3. The molecule has 0 bridgehead atoms. The maximum atomic E-state index is 13.8. The maximum absolute atomic E-state index is 13.8. The lowest BCUT2D eigenvalue weighted by Gasteiger charge is -2.25. The number of hydrogen-bond donors (Lipinski definition) is 1. The first kappa shape index (κ1) is 14.2. The van der Waals surface area contributed by atoms with Crippen molar-refractivity contribution >= 4 is 17.4 Å². The van der Waals surface area contributed by atoms with Crippen molar-refractivity contribution in [3.05, 3.63) is 70.0 Å². The van der Waals surface area contributed by atoms with Crippen LogP contribution in [0.4, 0.5) is 4.39 Å². The molecule has 0 radical (unpaired) electrons. The molecule has 2 nitrogen and oxygen atoms in total. The van der Waals surface area contributed by atoms with E-state index in [1.54, 1.807) is 12.1 Å². The van der Waals surface area contributed by atoms with Crippen LogP contribution in [0.2, 0.25) is 5.02 Å². The van der Waals surface area contributed by atoms with Crippen molar-refractivity contribution in [2.75, 3.05) is 0 Å². The van der Waals surface area contributed by atoms with E-state index in [4.69, 9.17) is 11.6 Å². The Balaban J connectivity index is 1.72. The third kappa shape index (κ3) is 3.14. The molecular weight excluding hydrogens is 289 g/mol. The number of carbonyl (C=O) groups excluding carboxylic acids is 1. The molecule has 108 valence electrons. The zero-order chi connectivity index (χ0) is 14.8. The lowest BCUT2D eigenvalue weighted by molar-refractivity contribution is -0.120. The van der Waals surface area contributed by atoms with Gasteiger partial charge in [0.05, 0.1) is 6.04 Å². The second-order valence-corrected chi connectivity index (χ2v) is 5.72. The number of fused-ring (bicyclic) bond motifs is 1. The van der Waals surface area contributed by atoms with Crippen LogP contribution in [-0.2, 0) is 24.2 Å². The fourth-order valence-electron chi connectivity index (χ4n) is 2.66. The number of nitrogens with one attached hydrogen (secondary N) is 1. The van der Waals surface area contributed by atoms with E-state index in [2.05, 4.69) is 11.4 Å². The van der Waals surface area contributed by atoms with Crippen molar-refractivity contribution in [2.24, 2.45) is 0 Å². The molecule has 1 aliphatic heterocycles. The number of halogens is 2. The van der Waals surface area contributed by atoms with Gasteiger partial charge in [0, 0.05) is 18.0 Å². The van der Waals surface area contributed by atoms with Gasteiger partial charge in [0.25, 0.3) is 0 Å². The van der Waals surface area contributed by atoms with Gasteiger partial charge >= 0.3 is 0 Å². The van der Waals surface area contributed by atoms with Gasteiger partial charge in [0.2, 0.25) is 0 Å². The largest absolute Gasteiger partial charge is 0.303 e. The van der Waals surface area contributed by atoms with Crippen LogP contribution in [0.1, 0.15) is 16.7 Å². The molecule has 0 aliphatic carbocycles. The Labute approximate surface area is 127 Å². The van der Waals surface area contributed by atoms with E-state index in [9.17, 15) is 9.18 Å². The molecule has 2 aromatic carbocycles. The fourth-order valence-corrected chi connectivity index (χ4v) is 2.82. The highest BCUT2D eigenvalue weighted by molar-refractivity contribution is 6.30. The number of carbonyl (C=O) groups is 1. The van der Waals surface area contributed by atoms with Crippen LogP contribution in [-0.4, -0.2) is 11.8 Å². The molecule has 4 heteroatoms. The van der Waals surface area contributed by atoms with Crippen LogP contribution in [0.15, 0.2) is 42.5 Å². The molecule has 1 atom stereocenters. The van der Waals surface area contributed by atoms with Crippen molar-refractivity contribution in [1.82, 2.24) is 5.32 Å². The predicted octanol–water partition coefficient (Wildman–Crippen LogP) is 3.31. The monoisotopic (exact) mass is 303 g/mol. The molecule has 1 N–H and O–H groups in total. The van der Waals surface area contributed by atoms with Gasteiger partial charge in [0.15, 0.2) is 5.78 Å². The standard InChI is InChI=1S/C17H15ClFNO/c18-14-6-5-12(15(19)9-14)8-17(21)16-7-11-3-1-2-4-13(11)10-20-16/h1-6,9,16,20H,7-8,10H2. The second-order valence-electron chi connectivity index (χ2n) is 5.29. The molecule has 1 aliphatic rings. The highest BCUT2D eigenvalue weighted by Gasteiger charge is 2.24. The molecule has 3 rings (SSSR count). The average Bonchev–Trinajstić information content (AvgIpc) is 2.49. The third-order valence-electron chi connectivity index (χ3n) is 3.85. The summed E-state index contributed by atoms with van der Waals surface area (Å²) in [5.74, 6) is -0.419. The fraction of sp³-hybridized carbons (Fsp3) is 0.235. The molecule has 0 aromatic heterocycles. The minimum absolute atomic E-state index is 0.00530. The van der Waals surface area contributed by atoms with Crippen LogP contribution < -0.4 is 5.32 Å². The number of rotatable bonds is 3. The van der Waals surface area contributed by atoms with E-state index in [0.717, 1.165) is 0 Å². The van der Waals surface area contributed by atoms with E-state index in [0.29, 0.717) is 23.6 Å². The first-order valence-electron chi connectivity index (χ1n) is 6.90. The summed E-state index contributed by atoms with van der Waals surface area (Å²) >= 11 is 5.72. The Bertz CT molecular complexity index is 686. The van der Waals surface area contributed by atoms with Crippen LogP contribution >= 0.6 is 11.6 Å². The first-order valence-corrected chi connectivity index (χ1v) is 7.28. The maximum Gasteiger partial charge on any atom is 0.154 e. The van der Waals surface area contributed by atoms with Crippen molar-refractivity contribution in [1.29, 1.82) is 0 Å². The highest BCUT2D eigenvalue weighted by Crippen LogP contribution is 2.19. The minimum Gasteiger partial charge on any atom is -0.303 e. The highest BCUT2D eigenvalue weighted by atomic mass is 35.5. The molecule has 0 spiro atoms. The van der Waals surface area contributed by atoms with Gasteiger partial charge in [-0.15, -0.1) is 0 Å². The smallest absolute Gasteiger partial charge is 0.154 e. The summed E-state index contributed by atoms with van der Waals surface area (Å²) in [7, 11) is 0. The predicted molar refractivity (Wildman–Crippen MR) is 80.9 cm³/mol. The first-order chi connectivity index (χ1) is 10.1. The molecule has 0 amide bonds. The summed E-state index contributed by atoms with van der Waals surface area (Å²) in [4.78, 5) is 12.4. The lowest BCUT2D eigenvalue weighted by atomic mass is 9.91. The number of ketones is 1. The molecule has 0 fully saturated rings. The number of hydrogen-bond acceptors (Lipinski definition) is 2. The SMILES string of the molecule is O=C(Cc1ccc(Cl)cc1F)C1Cc2ccccc2CN1. The van der Waals surface area contributed by atoms with E-state index in [1.165, 1.54) is 17.2 Å². The Morgan fingerprint density at radius 1 is 1.24 bits per heavy atom. The van der Waals surface area contributed by atoms with Crippen molar-refractivity contribution in [3.8, 4) is 0 Å². The Hall–Kier alpha value is -1.71. The summed E-state index contributed by atoms with van der Waals surface area (Å²) in [5.41, 5.74) is 2.80. The summed E-state index contributed by atoms with van der Waals surface area (Å²) in [6.45, 7) is 0.676. The van der Waals surface area contributed by atoms with Gasteiger partial charge in [-0.1, -0.05) is 41.9 Å². The van der Waals surface area contributed by atoms with Gasteiger partial charge in [-0.3, -0.25) is 4.79 Å². The molecular formula is C17H15ClFNO. The molecule has 21 heavy (non-hydrogen) atoms. The summed E-state index contributed by atoms with van der Waals surface area (Å²) < 4.78 is 13.8. The molecule has 1 heterocycles. The van der Waals surface area contributed by atoms with Crippen molar-refractivity contribution < 1.29 is 9.18 Å². The number of Topliss-reactive ketones (excluding diaryl/α,β-unsaturated/α-hetero) is 1. The summed E-state index contributed by atoms with van der Waals surface area (Å²) in [6.07, 6.45) is 0.743. The Kier molecular flexibility index (Phi) is 4.04. The van der Waals surface area contributed by atoms with Crippen LogP contribution in [0.3, 0.4) is 0 Å². The van der Waals surface area contributed by atoms with E-state index >= 15 is 0 Å². The zero-order valence-electron chi connectivity index (χ0n) is 11.4. The third-order valence-corrected chi connectivity index (χ3v) is 4.08. The second kappa shape index (κ2) is 5.96. The van der Waals surface area contributed by atoms with Gasteiger partial charge in [-0.25, -0.2) is 4.39 Å². The van der Waals surface area contributed by atoms with Crippen LogP contribution in [0.25, 0.3) is 0 Å². The van der Waals surface area contributed by atoms with Gasteiger partial charge in [-0.05, 0) is 35.2 Å². The van der Waals surface area contributed by atoms with Crippen molar-refractivity contribution in [3.63, 3.8) is 0 Å². The lowest BCUT2D eigenvalue weighted by Crippen LogP contribution is -2.42. The van der Waals surface area contributed by atoms with E-state index in [-0.39, 0.29) is 18.2 Å². The zero-order valence-corrected chi connectivity index (χ0v) is 12.2. The van der Waals surface area contributed by atoms with Crippen LogP contribution in [0.5, 0.6) is 0 Å². The minimum atomic E-state index is -0.424. The number of benzene rings is 2. The van der Waals surface area contributed by atoms with Gasteiger partial charge < -0.3 is 5.32 Å². The molecule has 0 saturated heterocycles. The van der Waals surface area contributed by atoms with Gasteiger partial charge in [-0.2, -0.15) is 0 Å². The average molecular weight is 304 g/mol. The Morgan fingerprint density at radius 2 is 2.00 bits per heavy atom. The molecule has 0 saturated carbocycles. The van der Waals surface area contributed by atoms with E-state index < -0.39 is 5.82 Å². The van der Waals surface area contributed by atoms with E-state index in [1.807, 2.05) is 18.2 Å². The molecule has 2 aromatic rings. The van der Waals surface area contributed by atoms with Crippen LogP contribution in [0, 0.1) is 5.82 Å². The Morgan fingerprint density at radius 3 is 2.76 bits per heavy atom. The topological polar surface area (TPSA) is 29.1 Å². The molecule has 1 unspecified atom stereocenters. The quantitative estimate of drug-likeness (QED) is 0.942. The summed E-state index contributed by atoms with van der Waals surface area (Å²) in [6, 6.07) is 12.2. The summed E-state index contributed by atoms with van der Waals surface area (Å²) in [5, 5.41) is 3.57. The van der Waals surface area contributed by atoms with Crippen molar-refractivity contribution in [2.45, 2.75) is 25.4 Å².